The van der Waals surface area contributed by atoms with Crippen molar-refractivity contribution in [1.29, 1.82) is 0 Å². The molecule has 2 aromatic rings. The van der Waals surface area contributed by atoms with Gasteiger partial charge in [0.25, 0.3) is 0 Å². The predicted octanol–water partition coefficient (Wildman–Crippen LogP) is 2.85. The Hall–Kier alpha value is -1.24. The number of aryl methyl sites for hydroxylation is 1. The largest absolute Gasteiger partial charge is 0.377 e. The lowest BCUT2D eigenvalue weighted by molar-refractivity contribution is 0.174. The van der Waals surface area contributed by atoms with Gasteiger partial charge in [-0.05, 0) is 36.1 Å². The fourth-order valence-corrected chi connectivity index (χ4v) is 3.54. The summed E-state index contributed by atoms with van der Waals surface area (Å²) in [5.41, 5.74) is 4.08. The molecule has 21 heavy (non-hydrogen) atoms. The van der Waals surface area contributed by atoms with Gasteiger partial charge in [-0.1, -0.05) is 27.2 Å². The molecule has 3 rings (SSSR count). The topological polar surface area (TPSA) is 51.4 Å². The van der Waals surface area contributed by atoms with Crippen LogP contribution in [0.1, 0.15) is 28.4 Å². The molecule has 1 aromatic heterocycles. The van der Waals surface area contributed by atoms with Crippen LogP contribution < -0.4 is 0 Å². The van der Waals surface area contributed by atoms with Gasteiger partial charge in [-0.25, -0.2) is 0 Å². The summed E-state index contributed by atoms with van der Waals surface area (Å²) >= 11 is 3.67. The first-order valence-electron chi connectivity index (χ1n) is 6.96. The maximum atomic E-state index is 5.26. The van der Waals surface area contributed by atoms with E-state index in [9.17, 15) is 0 Å². The second kappa shape index (κ2) is 6.25. The van der Waals surface area contributed by atoms with Crippen molar-refractivity contribution in [3.63, 3.8) is 0 Å². The lowest BCUT2D eigenvalue weighted by Crippen LogP contribution is -2.30. The van der Waals surface area contributed by atoms with E-state index in [0.29, 0.717) is 24.9 Å². The van der Waals surface area contributed by atoms with E-state index < -0.39 is 0 Å². The molecule has 0 radical (unpaired) electrons. The molecule has 112 valence electrons. The summed E-state index contributed by atoms with van der Waals surface area (Å²) in [4.78, 5) is 6.66. The zero-order valence-electron chi connectivity index (χ0n) is 12.2. The Labute approximate surface area is 132 Å². The van der Waals surface area contributed by atoms with Crippen molar-refractivity contribution in [1.82, 2.24) is 15.0 Å². The molecular weight excluding hydrogens is 334 g/mol. The zero-order chi connectivity index (χ0) is 14.8. The molecule has 0 saturated heterocycles. The number of fused-ring (bicyclic) bond motifs is 1. The normalized spacial score (nSPS) is 15.2. The minimum absolute atomic E-state index is 0.387. The predicted molar refractivity (Wildman–Crippen MR) is 81.7 cm³/mol. The van der Waals surface area contributed by atoms with Crippen molar-refractivity contribution < 1.29 is 9.26 Å². The van der Waals surface area contributed by atoms with Gasteiger partial charge in [0.1, 0.15) is 6.61 Å². The molecule has 0 fully saturated rings. The Bertz CT molecular complexity index is 642. The van der Waals surface area contributed by atoms with Crippen LogP contribution in [0.15, 0.2) is 21.1 Å². The van der Waals surface area contributed by atoms with Gasteiger partial charge in [-0.2, -0.15) is 4.98 Å². The number of hydrogen-bond donors (Lipinski definition) is 0. The smallest absolute Gasteiger partial charge is 0.240 e. The standard InChI is InChI=1S/C15H18BrN3O2/c1-10-5-11-7-19(4-3-12(11)13(16)6-10)8-15-17-14(9-20-2)18-21-15/h5-6H,3-4,7-9H2,1-2H3. The highest BCUT2D eigenvalue weighted by Crippen LogP contribution is 2.28. The molecular formula is C15H18BrN3O2. The van der Waals surface area contributed by atoms with Crippen molar-refractivity contribution in [2.24, 2.45) is 0 Å². The third-order valence-electron chi connectivity index (χ3n) is 3.65. The van der Waals surface area contributed by atoms with Crippen LogP contribution in [-0.4, -0.2) is 28.7 Å². The van der Waals surface area contributed by atoms with E-state index in [1.54, 1.807) is 7.11 Å². The van der Waals surface area contributed by atoms with E-state index in [0.717, 1.165) is 19.5 Å². The van der Waals surface area contributed by atoms with Crippen LogP contribution in [0.3, 0.4) is 0 Å². The lowest BCUT2D eigenvalue weighted by atomic mass is 9.98. The second-order valence-corrected chi connectivity index (χ2v) is 6.24. The van der Waals surface area contributed by atoms with Crippen LogP contribution >= 0.6 is 15.9 Å². The van der Waals surface area contributed by atoms with E-state index >= 15 is 0 Å². The van der Waals surface area contributed by atoms with Crippen molar-refractivity contribution in [2.75, 3.05) is 13.7 Å². The molecule has 0 bridgehead atoms. The third-order valence-corrected chi connectivity index (χ3v) is 4.35. The molecule has 0 spiro atoms. The molecule has 1 aliphatic heterocycles. The molecule has 1 aromatic carbocycles. The number of hydrogen-bond acceptors (Lipinski definition) is 5. The first-order chi connectivity index (χ1) is 10.2. The number of rotatable bonds is 4. The fraction of sp³-hybridized carbons (Fsp3) is 0.467. The van der Waals surface area contributed by atoms with Crippen LogP contribution in [0.5, 0.6) is 0 Å². The number of nitrogens with zero attached hydrogens (tertiary/aromatic N) is 3. The van der Waals surface area contributed by atoms with Gasteiger partial charge in [-0.15, -0.1) is 0 Å². The minimum atomic E-state index is 0.387. The highest BCUT2D eigenvalue weighted by molar-refractivity contribution is 9.10. The van der Waals surface area contributed by atoms with Crippen LogP contribution in [0.4, 0.5) is 0 Å². The Morgan fingerprint density at radius 1 is 1.43 bits per heavy atom. The fourth-order valence-electron chi connectivity index (χ4n) is 2.72. The van der Waals surface area contributed by atoms with Gasteiger partial charge >= 0.3 is 0 Å². The van der Waals surface area contributed by atoms with E-state index in [2.05, 4.69) is 50.0 Å². The summed E-state index contributed by atoms with van der Waals surface area (Å²) in [6.45, 7) is 5.10. The minimum Gasteiger partial charge on any atom is -0.377 e. The van der Waals surface area contributed by atoms with Gasteiger partial charge in [0, 0.05) is 24.7 Å². The molecule has 1 aliphatic rings. The quantitative estimate of drug-likeness (QED) is 0.847. The van der Waals surface area contributed by atoms with Crippen molar-refractivity contribution in [3.05, 3.63) is 45.0 Å². The molecule has 0 aliphatic carbocycles. The summed E-state index contributed by atoms with van der Waals surface area (Å²) in [5, 5.41) is 3.90. The SMILES string of the molecule is COCc1noc(CN2CCc3c(Br)cc(C)cc3C2)n1. The Morgan fingerprint density at radius 2 is 2.29 bits per heavy atom. The molecule has 2 heterocycles. The van der Waals surface area contributed by atoms with Gasteiger partial charge < -0.3 is 9.26 Å². The summed E-state index contributed by atoms with van der Waals surface area (Å²) in [6.07, 6.45) is 1.04. The summed E-state index contributed by atoms with van der Waals surface area (Å²) in [7, 11) is 1.62. The maximum Gasteiger partial charge on any atom is 0.240 e. The van der Waals surface area contributed by atoms with Crippen LogP contribution in [0.25, 0.3) is 0 Å². The average Bonchev–Trinajstić information content (AvgIpc) is 2.86. The average molecular weight is 352 g/mol. The van der Waals surface area contributed by atoms with E-state index in [1.807, 2.05) is 0 Å². The van der Waals surface area contributed by atoms with Gasteiger partial charge in [-0.3, -0.25) is 4.90 Å². The van der Waals surface area contributed by atoms with Crippen molar-refractivity contribution in [3.8, 4) is 0 Å². The van der Waals surface area contributed by atoms with Crippen LogP contribution in [-0.2, 0) is 30.9 Å². The van der Waals surface area contributed by atoms with Crippen LogP contribution in [0.2, 0.25) is 0 Å². The maximum absolute atomic E-state index is 5.26. The monoisotopic (exact) mass is 351 g/mol. The van der Waals surface area contributed by atoms with E-state index in [4.69, 9.17) is 9.26 Å². The highest BCUT2D eigenvalue weighted by Gasteiger charge is 2.20. The number of halogens is 1. The molecule has 0 saturated carbocycles. The summed E-state index contributed by atoms with van der Waals surface area (Å²) in [6, 6.07) is 4.44. The van der Waals surface area contributed by atoms with Gasteiger partial charge in [0.15, 0.2) is 5.82 Å². The Morgan fingerprint density at radius 3 is 3.10 bits per heavy atom. The summed E-state index contributed by atoms with van der Waals surface area (Å²) in [5.74, 6) is 1.25. The number of benzene rings is 1. The first-order valence-corrected chi connectivity index (χ1v) is 7.75. The first kappa shape index (κ1) is 14.7. The molecule has 0 amide bonds. The molecule has 0 atom stereocenters. The van der Waals surface area contributed by atoms with E-state index in [-0.39, 0.29) is 0 Å². The number of methoxy groups -OCH3 is 1. The summed E-state index contributed by atoms with van der Waals surface area (Å²) < 4.78 is 11.5. The molecule has 0 unspecified atom stereocenters. The van der Waals surface area contributed by atoms with Crippen molar-refractivity contribution >= 4 is 15.9 Å². The molecule has 0 N–H and O–H groups in total. The third kappa shape index (κ3) is 3.33. The van der Waals surface area contributed by atoms with Crippen molar-refractivity contribution in [2.45, 2.75) is 33.0 Å². The second-order valence-electron chi connectivity index (χ2n) is 5.38. The van der Waals surface area contributed by atoms with Crippen LogP contribution in [0, 0.1) is 6.92 Å². The van der Waals surface area contributed by atoms with E-state index in [1.165, 1.54) is 21.2 Å². The lowest BCUT2D eigenvalue weighted by Gasteiger charge is -2.28. The zero-order valence-corrected chi connectivity index (χ0v) is 13.8. The Kier molecular flexibility index (Phi) is 4.37. The molecule has 5 nitrogen and oxygen atoms in total. The number of ether oxygens (including phenoxy) is 1. The molecule has 6 heteroatoms. The number of aromatic nitrogens is 2. The van der Waals surface area contributed by atoms with Gasteiger partial charge in [0.2, 0.25) is 5.89 Å². The van der Waals surface area contributed by atoms with Gasteiger partial charge in [0.05, 0.1) is 6.54 Å². The highest BCUT2D eigenvalue weighted by atomic mass is 79.9. The Balaban J connectivity index is 1.71.